The molecule has 0 amide bonds. The van der Waals surface area contributed by atoms with Gasteiger partial charge in [-0.05, 0) is 32.2 Å². The van der Waals surface area contributed by atoms with E-state index in [-0.39, 0.29) is 0 Å². The Balaban J connectivity index is 1.74. The highest BCUT2D eigenvalue weighted by molar-refractivity contribution is 5.05. The van der Waals surface area contributed by atoms with E-state index in [4.69, 9.17) is 4.74 Å². The molecule has 18 heavy (non-hydrogen) atoms. The summed E-state index contributed by atoms with van der Waals surface area (Å²) in [5, 5.41) is 3.67. The number of likely N-dealkylation sites (N-methyl/N-ethyl adjacent to an activating group) is 1. The van der Waals surface area contributed by atoms with Crippen LogP contribution in [-0.2, 0) is 4.74 Å². The van der Waals surface area contributed by atoms with Gasteiger partial charge in [0.05, 0.1) is 13.2 Å². The Bertz CT molecular complexity index is 266. The van der Waals surface area contributed by atoms with Gasteiger partial charge in [0.1, 0.15) is 0 Å². The third-order valence-electron chi connectivity index (χ3n) is 5.37. The van der Waals surface area contributed by atoms with E-state index < -0.39 is 0 Å². The third-order valence-corrected chi connectivity index (χ3v) is 5.37. The number of morpholine rings is 1. The van der Waals surface area contributed by atoms with E-state index in [0.717, 1.165) is 32.2 Å². The van der Waals surface area contributed by atoms with Gasteiger partial charge in [-0.1, -0.05) is 25.7 Å². The number of rotatable bonds is 5. The maximum absolute atomic E-state index is 5.55. The zero-order valence-electron chi connectivity index (χ0n) is 11.8. The molecule has 2 saturated carbocycles. The molecule has 1 atom stereocenters. The molecule has 1 saturated heterocycles. The standard InChI is InChI=1S/C15H28N2O/c1-16-14(12-13-4-5-13)15(6-2-3-7-15)17-8-10-18-11-9-17/h13-14,16H,2-12H2,1H3. The van der Waals surface area contributed by atoms with E-state index >= 15 is 0 Å². The lowest BCUT2D eigenvalue weighted by Gasteiger charge is -2.48. The Morgan fingerprint density at radius 3 is 2.44 bits per heavy atom. The summed E-state index contributed by atoms with van der Waals surface area (Å²) in [6, 6.07) is 0.700. The molecule has 0 spiro atoms. The highest BCUT2D eigenvalue weighted by atomic mass is 16.5. The maximum atomic E-state index is 5.55. The molecule has 3 rings (SSSR count). The molecule has 3 fully saturated rings. The SMILES string of the molecule is CNC(CC1CC1)C1(N2CCOCC2)CCCC1. The van der Waals surface area contributed by atoms with Crippen LogP contribution >= 0.6 is 0 Å². The normalized spacial score (nSPS) is 30.5. The lowest BCUT2D eigenvalue weighted by atomic mass is 9.82. The first-order valence-electron chi connectivity index (χ1n) is 7.85. The van der Waals surface area contributed by atoms with Crippen molar-refractivity contribution in [3.05, 3.63) is 0 Å². The molecule has 3 nitrogen and oxygen atoms in total. The molecule has 0 aromatic carbocycles. The Labute approximate surface area is 111 Å². The predicted octanol–water partition coefficient (Wildman–Crippen LogP) is 2.02. The molecule has 3 heteroatoms. The summed E-state index contributed by atoms with van der Waals surface area (Å²) < 4.78 is 5.55. The van der Waals surface area contributed by atoms with Gasteiger partial charge >= 0.3 is 0 Å². The quantitative estimate of drug-likeness (QED) is 0.810. The molecule has 0 aromatic heterocycles. The van der Waals surface area contributed by atoms with Gasteiger partial charge in [0, 0.05) is 24.7 Å². The maximum Gasteiger partial charge on any atom is 0.0594 e. The van der Waals surface area contributed by atoms with Crippen LogP contribution in [0.1, 0.15) is 44.9 Å². The first kappa shape index (κ1) is 12.9. The summed E-state index contributed by atoms with van der Waals surface area (Å²) in [6.07, 6.45) is 9.96. The Morgan fingerprint density at radius 2 is 1.89 bits per heavy atom. The predicted molar refractivity (Wildman–Crippen MR) is 73.8 cm³/mol. The van der Waals surface area contributed by atoms with Crippen LogP contribution < -0.4 is 5.32 Å². The summed E-state index contributed by atoms with van der Waals surface area (Å²) in [6.45, 7) is 4.15. The molecule has 1 heterocycles. The van der Waals surface area contributed by atoms with E-state index in [9.17, 15) is 0 Å². The lowest BCUT2D eigenvalue weighted by molar-refractivity contribution is -0.0366. The van der Waals surface area contributed by atoms with E-state index in [0.29, 0.717) is 11.6 Å². The second kappa shape index (κ2) is 5.48. The van der Waals surface area contributed by atoms with Gasteiger partial charge in [-0.2, -0.15) is 0 Å². The molecule has 0 bridgehead atoms. The van der Waals surface area contributed by atoms with E-state index in [2.05, 4.69) is 17.3 Å². The van der Waals surface area contributed by atoms with E-state index in [1.54, 1.807) is 0 Å². The van der Waals surface area contributed by atoms with Crippen LogP contribution in [0.4, 0.5) is 0 Å². The van der Waals surface area contributed by atoms with Crippen LogP contribution in [0.15, 0.2) is 0 Å². The van der Waals surface area contributed by atoms with Gasteiger partial charge in [0.25, 0.3) is 0 Å². The van der Waals surface area contributed by atoms with Crippen LogP contribution in [0, 0.1) is 5.92 Å². The molecular formula is C15H28N2O. The van der Waals surface area contributed by atoms with Crippen molar-refractivity contribution in [1.29, 1.82) is 0 Å². The number of nitrogens with one attached hydrogen (secondary N) is 1. The summed E-state index contributed by atoms with van der Waals surface area (Å²) in [4.78, 5) is 2.76. The zero-order valence-corrected chi connectivity index (χ0v) is 11.8. The topological polar surface area (TPSA) is 24.5 Å². The number of nitrogens with zero attached hydrogens (tertiary/aromatic N) is 1. The molecule has 0 aromatic rings. The second-order valence-corrected chi connectivity index (χ2v) is 6.43. The lowest BCUT2D eigenvalue weighted by Crippen LogP contribution is -2.62. The first-order valence-corrected chi connectivity index (χ1v) is 7.85. The van der Waals surface area contributed by atoms with Crippen LogP contribution in [0.25, 0.3) is 0 Å². The minimum Gasteiger partial charge on any atom is -0.379 e. The Morgan fingerprint density at radius 1 is 1.22 bits per heavy atom. The fourth-order valence-corrected chi connectivity index (χ4v) is 4.17. The van der Waals surface area contributed by atoms with Gasteiger partial charge in [-0.3, -0.25) is 4.90 Å². The number of hydrogen-bond acceptors (Lipinski definition) is 3. The summed E-state index contributed by atoms with van der Waals surface area (Å²) >= 11 is 0. The van der Waals surface area contributed by atoms with Crippen molar-refractivity contribution in [3.8, 4) is 0 Å². The molecule has 1 aliphatic heterocycles. The Hall–Kier alpha value is -0.120. The largest absolute Gasteiger partial charge is 0.379 e. The van der Waals surface area contributed by atoms with Crippen molar-refractivity contribution >= 4 is 0 Å². The number of hydrogen-bond donors (Lipinski definition) is 1. The molecule has 104 valence electrons. The fraction of sp³-hybridized carbons (Fsp3) is 1.00. The average Bonchev–Trinajstić information content (AvgIpc) is 3.11. The summed E-state index contributed by atoms with van der Waals surface area (Å²) in [5.41, 5.74) is 0.446. The summed E-state index contributed by atoms with van der Waals surface area (Å²) in [5.74, 6) is 1.01. The van der Waals surface area contributed by atoms with Crippen LogP contribution in [0.2, 0.25) is 0 Å². The minimum absolute atomic E-state index is 0.446. The smallest absolute Gasteiger partial charge is 0.0594 e. The number of ether oxygens (including phenoxy) is 1. The van der Waals surface area contributed by atoms with Crippen LogP contribution in [-0.4, -0.2) is 49.8 Å². The molecular weight excluding hydrogens is 224 g/mol. The zero-order chi connectivity index (χ0) is 12.4. The van der Waals surface area contributed by atoms with Gasteiger partial charge in [0.2, 0.25) is 0 Å². The van der Waals surface area contributed by atoms with Gasteiger partial charge in [-0.25, -0.2) is 0 Å². The van der Waals surface area contributed by atoms with Gasteiger partial charge in [-0.15, -0.1) is 0 Å². The monoisotopic (exact) mass is 252 g/mol. The van der Waals surface area contributed by atoms with Crippen molar-refractivity contribution < 1.29 is 4.74 Å². The molecule has 0 radical (unpaired) electrons. The van der Waals surface area contributed by atoms with Crippen LogP contribution in [0.3, 0.4) is 0 Å². The average molecular weight is 252 g/mol. The van der Waals surface area contributed by atoms with Crippen molar-refractivity contribution in [2.75, 3.05) is 33.4 Å². The highest BCUT2D eigenvalue weighted by Crippen LogP contribution is 2.43. The van der Waals surface area contributed by atoms with Crippen molar-refractivity contribution in [2.24, 2.45) is 5.92 Å². The molecule has 1 unspecified atom stereocenters. The van der Waals surface area contributed by atoms with Crippen molar-refractivity contribution in [1.82, 2.24) is 10.2 Å². The highest BCUT2D eigenvalue weighted by Gasteiger charge is 2.46. The van der Waals surface area contributed by atoms with Gasteiger partial charge < -0.3 is 10.1 Å². The van der Waals surface area contributed by atoms with Crippen molar-refractivity contribution in [2.45, 2.75) is 56.5 Å². The third kappa shape index (κ3) is 2.45. The fourth-order valence-electron chi connectivity index (χ4n) is 4.17. The second-order valence-electron chi connectivity index (χ2n) is 6.43. The first-order chi connectivity index (χ1) is 8.85. The summed E-state index contributed by atoms with van der Waals surface area (Å²) in [7, 11) is 2.17. The minimum atomic E-state index is 0.446. The van der Waals surface area contributed by atoms with Crippen molar-refractivity contribution in [3.63, 3.8) is 0 Å². The van der Waals surface area contributed by atoms with E-state index in [1.165, 1.54) is 44.9 Å². The molecule has 3 aliphatic rings. The Kier molecular flexibility index (Phi) is 3.92. The molecule has 1 N–H and O–H groups in total. The van der Waals surface area contributed by atoms with Gasteiger partial charge in [0.15, 0.2) is 0 Å². The van der Waals surface area contributed by atoms with Crippen LogP contribution in [0.5, 0.6) is 0 Å². The molecule has 2 aliphatic carbocycles. The van der Waals surface area contributed by atoms with E-state index in [1.807, 2.05) is 0 Å².